The molecule has 0 aliphatic heterocycles. The predicted molar refractivity (Wildman–Crippen MR) is 67.9 cm³/mol. The number of nitrogens with zero attached hydrogens (tertiary/aromatic N) is 2. The van der Waals surface area contributed by atoms with E-state index in [1.807, 2.05) is 6.07 Å². The quantitative estimate of drug-likeness (QED) is 0.663. The highest BCUT2D eigenvalue weighted by Crippen LogP contribution is 2.17. The van der Waals surface area contributed by atoms with E-state index in [-0.39, 0.29) is 6.61 Å². The lowest BCUT2D eigenvalue weighted by atomic mass is 10.3. The Morgan fingerprint density at radius 2 is 2.39 bits per heavy atom. The van der Waals surface area contributed by atoms with Crippen LogP contribution in [-0.2, 0) is 11.4 Å². The number of rotatable bonds is 5. The number of aromatic nitrogens is 1. The molecule has 0 atom stereocenters. The number of hydrogen-bond acceptors (Lipinski definition) is 5. The molecule has 0 aromatic carbocycles. The second-order valence-electron chi connectivity index (χ2n) is 3.37. The van der Waals surface area contributed by atoms with Gasteiger partial charge in [-0.3, -0.25) is 4.98 Å². The summed E-state index contributed by atoms with van der Waals surface area (Å²) in [5.74, 6) is -0.926. The lowest BCUT2D eigenvalue weighted by molar-refractivity contribution is 0.0702. The van der Waals surface area contributed by atoms with Crippen molar-refractivity contribution >= 4 is 23.5 Å². The van der Waals surface area contributed by atoms with E-state index in [9.17, 15) is 4.79 Å². The molecule has 1 N–H and O–H groups in total. The number of thiophene rings is 1. The molecular formula is C12H10N2O3S. The Kier molecular flexibility index (Phi) is 4.03. The largest absolute Gasteiger partial charge is 0.477 e. The van der Waals surface area contributed by atoms with Crippen molar-refractivity contribution in [3.05, 3.63) is 52.0 Å². The van der Waals surface area contributed by atoms with Gasteiger partial charge in [0.15, 0.2) is 6.61 Å². The first-order valence-electron chi connectivity index (χ1n) is 5.13. The molecule has 0 bridgehead atoms. The highest BCUT2D eigenvalue weighted by atomic mass is 32.1. The topological polar surface area (TPSA) is 71.8 Å². The molecule has 0 unspecified atom stereocenters. The second-order valence-corrected chi connectivity index (χ2v) is 4.53. The third-order valence-electron chi connectivity index (χ3n) is 2.04. The van der Waals surface area contributed by atoms with Gasteiger partial charge in [0.2, 0.25) is 0 Å². The van der Waals surface area contributed by atoms with Crippen LogP contribution in [0.15, 0.2) is 41.8 Å². The van der Waals surface area contributed by atoms with Crippen molar-refractivity contribution < 1.29 is 14.7 Å². The van der Waals surface area contributed by atoms with Crippen LogP contribution >= 0.6 is 11.3 Å². The maximum Gasteiger partial charge on any atom is 0.345 e. The van der Waals surface area contributed by atoms with E-state index in [4.69, 9.17) is 9.94 Å². The molecule has 5 nitrogen and oxygen atoms in total. The normalized spacial score (nSPS) is 10.7. The first kappa shape index (κ1) is 12.3. The fourth-order valence-corrected chi connectivity index (χ4v) is 1.98. The highest BCUT2D eigenvalue weighted by molar-refractivity contribution is 7.13. The van der Waals surface area contributed by atoms with Gasteiger partial charge in [0.25, 0.3) is 0 Å². The summed E-state index contributed by atoms with van der Waals surface area (Å²) in [6.07, 6.45) is 4.90. The van der Waals surface area contributed by atoms with E-state index in [1.54, 1.807) is 36.8 Å². The highest BCUT2D eigenvalue weighted by Gasteiger charge is 2.06. The van der Waals surface area contributed by atoms with Gasteiger partial charge in [0.05, 0.1) is 6.21 Å². The molecule has 0 aliphatic carbocycles. The molecule has 0 aliphatic rings. The minimum Gasteiger partial charge on any atom is -0.477 e. The average Bonchev–Trinajstić information content (AvgIpc) is 2.85. The zero-order chi connectivity index (χ0) is 12.8. The van der Waals surface area contributed by atoms with Crippen LogP contribution in [0.25, 0.3) is 0 Å². The molecule has 0 saturated carbocycles. The van der Waals surface area contributed by atoms with Gasteiger partial charge in [-0.2, -0.15) is 0 Å². The second kappa shape index (κ2) is 5.92. The predicted octanol–water partition coefficient (Wildman–Crippen LogP) is 2.39. The molecule has 0 saturated heterocycles. The molecule has 0 radical (unpaired) electrons. The fourth-order valence-electron chi connectivity index (χ4n) is 1.22. The molecule has 18 heavy (non-hydrogen) atoms. The first-order chi connectivity index (χ1) is 8.75. The lowest BCUT2D eigenvalue weighted by Gasteiger charge is -1.95. The summed E-state index contributed by atoms with van der Waals surface area (Å²) < 4.78 is 0. The Labute approximate surface area is 107 Å². The van der Waals surface area contributed by atoms with Gasteiger partial charge in [0, 0.05) is 22.8 Å². The van der Waals surface area contributed by atoms with Crippen molar-refractivity contribution in [3.63, 3.8) is 0 Å². The summed E-state index contributed by atoms with van der Waals surface area (Å²) >= 11 is 1.18. The minimum absolute atomic E-state index is 0.259. The molecular weight excluding hydrogens is 252 g/mol. The summed E-state index contributed by atoms with van der Waals surface area (Å²) in [5.41, 5.74) is 0.843. The number of pyridine rings is 1. The zero-order valence-electron chi connectivity index (χ0n) is 9.31. The van der Waals surface area contributed by atoms with Crippen molar-refractivity contribution in [1.29, 1.82) is 0 Å². The first-order valence-corrected chi connectivity index (χ1v) is 5.95. The van der Waals surface area contributed by atoms with Crippen LogP contribution in [0.2, 0.25) is 0 Å². The average molecular weight is 262 g/mol. The van der Waals surface area contributed by atoms with Crippen LogP contribution in [0.3, 0.4) is 0 Å². The van der Waals surface area contributed by atoms with Crippen molar-refractivity contribution in [2.24, 2.45) is 5.16 Å². The molecule has 2 rings (SSSR count). The van der Waals surface area contributed by atoms with E-state index in [1.165, 1.54) is 11.3 Å². The van der Waals surface area contributed by atoms with Crippen LogP contribution in [-0.4, -0.2) is 22.3 Å². The number of carboxylic acids is 1. The van der Waals surface area contributed by atoms with Gasteiger partial charge < -0.3 is 9.94 Å². The van der Waals surface area contributed by atoms with E-state index < -0.39 is 5.97 Å². The van der Waals surface area contributed by atoms with Gasteiger partial charge in [-0.25, -0.2) is 4.79 Å². The molecule has 6 heteroatoms. The van der Waals surface area contributed by atoms with Crippen LogP contribution in [0.1, 0.15) is 20.1 Å². The molecule has 2 aromatic rings. The zero-order valence-corrected chi connectivity index (χ0v) is 10.1. The molecule has 0 spiro atoms. The van der Waals surface area contributed by atoms with Gasteiger partial charge >= 0.3 is 5.97 Å². The van der Waals surface area contributed by atoms with Gasteiger partial charge in [-0.05, 0) is 18.2 Å². The van der Waals surface area contributed by atoms with Crippen molar-refractivity contribution in [1.82, 2.24) is 4.98 Å². The Hall–Kier alpha value is -2.21. The summed E-state index contributed by atoms with van der Waals surface area (Å²) in [6, 6.07) is 6.93. The van der Waals surface area contributed by atoms with Crippen LogP contribution in [0.4, 0.5) is 0 Å². The molecule has 92 valence electrons. The third-order valence-corrected chi connectivity index (χ3v) is 3.09. The van der Waals surface area contributed by atoms with E-state index in [2.05, 4.69) is 10.1 Å². The van der Waals surface area contributed by atoms with Crippen LogP contribution in [0, 0.1) is 0 Å². The number of aromatic carboxylic acids is 1. The Bertz CT molecular complexity index is 551. The maximum atomic E-state index is 10.7. The van der Waals surface area contributed by atoms with E-state index in [0.717, 1.165) is 10.4 Å². The Balaban J connectivity index is 1.85. The van der Waals surface area contributed by atoms with Crippen molar-refractivity contribution in [3.8, 4) is 0 Å². The van der Waals surface area contributed by atoms with Gasteiger partial charge in [-0.15, -0.1) is 11.3 Å². The standard InChI is InChI=1S/C12H10N2O3S/c15-12(16)11-4-3-10(18-11)8-17-14-7-9-2-1-5-13-6-9/h1-7H,8H2,(H,15,16). The maximum absolute atomic E-state index is 10.7. The molecule has 2 heterocycles. The summed E-state index contributed by atoms with van der Waals surface area (Å²) in [7, 11) is 0. The van der Waals surface area contributed by atoms with Crippen LogP contribution < -0.4 is 0 Å². The summed E-state index contributed by atoms with van der Waals surface area (Å²) in [5, 5.41) is 12.5. The number of carbonyl (C=O) groups is 1. The lowest BCUT2D eigenvalue weighted by Crippen LogP contribution is -1.89. The third kappa shape index (κ3) is 3.39. The SMILES string of the molecule is O=C(O)c1ccc(CON=Cc2cccnc2)s1. The Morgan fingerprint density at radius 3 is 3.06 bits per heavy atom. The summed E-state index contributed by atoms with van der Waals surface area (Å²) in [6.45, 7) is 0.259. The minimum atomic E-state index is -0.926. The van der Waals surface area contributed by atoms with Gasteiger partial charge in [0.1, 0.15) is 4.88 Å². The monoisotopic (exact) mass is 262 g/mol. The molecule has 2 aromatic heterocycles. The smallest absolute Gasteiger partial charge is 0.345 e. The fraction of sp³-hybridized carbons (Fsp3) is 0.0833. The van der Waals surface area contributed by atoms with E-state index in [0.29, 0.717) is 4.88 Å². The van der Waals surface area contributed by atoms with E-state index >= 15 is 0 Å². The van der Waals surface area contributed by atoms with Gasteiger partial charge in [-0.1, -0.05) is 11.2 Å². The van der Waals surface area contributed by atoms with Crippen LogP contribution in [0.5, 0.6) is 0 Å². The number of oxime groups is 1. The van der Waals surface area contributed by atoms with Crippen molar-refractivity contribution in [2.75, 3.05) is 0 Å². The number of hydrogen-bond donors (Lipinski definition) is 1. The molecule has 0 amide bonds. The number of carboxylic acid groups (broad SMARTS) is 1. The molecule has 0 fully saturated rings. The Morgan fingerprint density at radius 1 is 1.50 bits per heavy atom. The van der Waals surface area contributed by atoms with Crippen molar-refractivity contribution in [2.45, 2.75) is 6.61 Å². The summed E-state index contributed by atoms with van der Waals surface area (Å²) in [4.78, 5) is 20.8.